The number of hydrogen-bond donors (Lipinski definition) is 2. The smallest absolute Gasteiger partial charge is 0.260 e. The van der Waals surface area contributed by atoms with Crippen molar-refractivity contribution in [1.82, 2.24) is 5.32 Å². The zero-order valence-electron chi connectivity index (χ0n) is 21.3. The second kappa shape index (κ2) is 11.8. The van der Waals surface area contributed by atoms with Gasteiger partial charge in [-0.2, -0.15) is 0 Å². The van der Waals surface area contributed by atoms with E-state index in [0.717, 1.165) is 28.6 Å². The zero-order chi connectivity index (χ0) is 26.5. The average Bonchev–Trinajstić information content (AvgIpc) is 3.26. The molecule has 1 heterocycles. The first kappa shape index (κ1) is 26.0. The van der Waals surface area contributed by atoms with E-state index in [0.29, 0.717) is 34.6 Å². The van der Waals surface area contributed by atoms with Crippen LogP contribution in [0.15, 0.2) is 83.8 Å². The lowest BCUT2D eigenvalue weighted by molar-refractivity contribution is -0.116. The van der Waals surface area contributed by atoms with Gasteiger partial charge in [0, 0.05) is 5.69 Å². The number of hydrogen-bond acceptors (Lipinski definition) is 5. The van der Waals surface area contributed by atoms with Crippen LogP contribution in [0.2, 0.25) is 5.02 Å². The van der Waals surface area contributed by atoms with E-state index in [1.807, 2.05) is 49.4 Å². The lowest BCUT2D eigenvalue weighted by Gasteiger charge is -2.15. The minimum Gasteiger partial charge on any atom is -0.490 e. The molecular formula is C31H29ClN2O3S. The third-order valence-electron chi connectivity index (χ3n) is 6.22. The third kappa shape index (κ3) is 6.09. The molecule has 0 aromatic heterocycles. The van der Waals surface area contributed by atoms with Crippen molar-refractivity contribution in [3.05, 3.63) is 105 Å². The Morgan fingerprint density at radius 2 is 1.71 bits per heavy atom. The molecule has 1 atom stereocenters. The minimum absolute atomic E-state index is 0.136. The number of halogens is 1. The molecule has 1 aliphatic rings. The lowest BCUT2D eigenvalue weighted by atomic mass is 10.1. The van der Waals surface area contributed by atoms with Crippen LogP contribution >= 0.6 is 23.4 Å². The molecule has 1 amide bonds. The van der Waals surface area contributed by atoms with Crippen LogP contribution in [0.4, 0.5) is 5.69 Å². The highest BCUT2D eigenvalue weighted by Crippen LogP contribution is 2.39. The summed E-state index contributed by atoms with van der Waals surface area (Å²) < 4.78 is 12.0. The Bertz CT molecular complexity index is 1490. The summed E-state index contributed by atoms with van der Waals surface area (Å²) in [7, 11) is 0. The van der Waals surface area contributed by atoms with E-state index < -0.39 is 0 Å². The predicted octanol–water partition coefficient (Wildman–Crippen LogP) is 7.63. The van der Waals surface area contributed by atoms with Crippen molar-refractivity contribution in [2.75, 3.05) is 11.9 Å². The van der Waals surface area contributed by atoms with Gasteiger partial charge in [0.25, 0.3) is 5.91 Å². The molecule has 0 saturated carbocycles. The Morgan fingerprint density at radius 1 is 0.947 bits per heavy atom. The first-order valence-electron chi connectivity index (χ1n) is 12.6. The number of ether oxygens (including phenoxy) is 2. The molecule has 2 N–H and O–H groups in total. The van der Waals surface area contributed by atoms with Crippen molar-refractivity contribution >= 4 is 51.8 Å². The fraction of sp³-hybridized carbons (Fsp3) is 0.194. The molecule has 0 radical (unpaired) electrons. The molecule has 4 aromatic carbocycles. The maximum Gasteiger partial charge on any atom is 0.260 e. The van der Waals surface area contributed by atoms with Crippen molar-refractivity contribution in [3.63, 3.8) is 0 Å². The van der Waals surface area contributed by atoms with Crippen LogP contribution in [0.25, 0.3) is 16.8 Å². The number of nitrogens with one attached hydrogen (secondary N) is 2. The Hall–Kier alpha value is -3.61. The van der Waals surface area contributed by atoms with Gasteiger partial charge in [0.2, 0.25) is 0 Å². The van der Waals surface area contributed by atoms with Crippen molar-refractivity contribution in [3.8, 4) is 11.5 Å². The average molecular weight is 545 g/mol. The summed E-state index contributed by atoms with van der Waals surface area (Å²) in [5.74, 6) is 0.896. The highest BCUT2D eigenvalue weighted by Gasteiger charge is 2.27. The lowest BCUT2D eigenvalue weighted by Crippen LogP contribution is -2.30. The molecule has 1 fully saturated rings. The molecule has 38 heavy (non-hydrogen) atoms. The van der Waals surface area contributed by atoms with Gasteiger partial charge < -0.3 is 20.1 Å². The highest BCUT2D eigenvalue weighted by atomic mass is 35.5. The monoisotopic (exact) mass is 544 g/mol. The highest BCUT2D eigenvalue weighted by molar-refractivity contribution is 8.05. The predicted molar refractivity (Wildman–Crippen MR) is 158 cm³/mol. The second-order valence-electron chi connectivity index (χ2n) is 8.91. The molecule has 1 aliphatic heterocycles. The summed E-state index contributed by atoms with van der Waals surface area (Å²) in [6, 6.07) is 26.3. The molecule has 5 rings (SSSR count). The van der Waals surface area contributed by atoms with Crippen molar-refractivity contribution in [2.45, 2.75) is 32.4 Å². The van der Waals surface area contributed by atoms with Crippen LogP contribution in [0, 0.1) is 0 Å². The van der Waals surface area contributed by atoms with E-state index in [4.69, 9.17) is 21.1 Å². The Balaban J connectivity index is 1.31. The fourth-order valence-electron chi connectivity index (χ4n) is 4.26. The van der Waals surface area contributed by atoms with Crippen molar-refractivity contribution in [2.24, 2.45) is 0 Å². The van der Waals surface area contributed by atoms with E-state index in [1.54, 1.807) is 6.07 Å². The van der Waals surface area contributed by atoms with Gasteiger partial charge in [0.1, 0.15) is 6.61 Å². The number of fused-ring (bicyclic) bond motifs is 1. The Kier molecular flexibility index (Phi) is 8.11. The van der Waals surface area contributed by atoms with Gasteiger partial charge in [-0.3, -0.25) is 4.79 Å². The summed E-state index contributed by atoms with van der Waals surface area (Å²) in [5.41, 5.74) is 3.77. The molecule has 0 aliphatic carbocycles. The number of rotatable bonds is 9. The molecule has 194 valence electrons. The van der Waals surface area contributed by atoms with Crippen LogP contribution in [-0.4, -0.2) is 18.0 Å². The summed E-state index contributed by atoms with van der Waals surface area (Å²) in [6.45, 7) is 4.85. The Morgan fingerprint density at radius 3 is 2.47 bits per heavy atom. The molecule has 0 bridgehead atoms. The number of anilines is 1. The molecular weight excluding hydrogens is 516 g/mol. The van der Waals surface area contributed by atoms with Gasteiger partial charge in [0.05, 0.1) is 16.5 Å². The maximum atomic E-state index is 12.7. The first-order chi connectivity index (χ1) is 18.5. The van der Waals surface area contributed by atoms with Crippen LogP contribution < -0.4 is 20.1 Å². The molecule has 4 aromatic rings. The SMILES string of the molecule is CCOc1cc(/C=C2\S[C@@H](Nc3ccc(CC)cc3)NC2=O)cc(Cl)c1OCc1ccc2ccccc2c1. The van der Waals surface area contributed by atoms with Gasteiger partial charge in [-0.05, 0) is 77.2 Å². The third-order valence-corrected chi connectivity index (χ3v) is 7.53. The van der Waals surface area contributed by atoms with E-state index >= 15 is 0 Å². The number of benzene rings is 4. The quantitative estimate of drug-likeness (QED) is 0.212. The number of amides is 1. The normalized spacial score (nSPS) is 16.0. The summed E-state index contributed by atoms with van der Waals surface area (Å²) >= 11 is 8.09. The number of thioether (sulfide) groups is 1. The van der Waals surface area contributed by atoms with Crippen LogP contribution in [0.5, 0.6) is 11.5 Å². The maximum absolute atomic E-state index is 12.7. The van der Waals surface area contributed by atoms with E-state index in [-0.39, 0.29) is 11.4 Å². The van der Waals surface area contributed by atoms with Gasteiger partial charge >= 0.3 is 0 Å². The first-order valence-corrected chi connectivity index (χ1v) is 13.9. The fourth-order valence-corrected chi connectivity index (χ4v) is 5.52. The van der Waals surface area contributed by atoms with Gasteiger partial charge in [-0.25, -0.2) is 0 Å². The number of aryl methyl sites for hydroxylation is 1. The summed E-state index contributed by atoms with van der Waals surface area (Å²) in [5, 5.41) is 9.10. The van der Waals surface area contributed by atoms with E-state index in [1.165, 1.54) is 22.7 Å². The summed E-state index contributed by atoms with van der Waals surface area (Å²) in [6.07, 6.45) is 2.81. The minimum atomic E-state index is -0.257. The van der Waals surface area contributed by atoms with Gasteiger partial charge in [-0.15, -0.1) is 0 Å². The Labute approximate surface area is 232 Å². The van der Waals surface area contributed by atoms with Gasteiger partial charge in [-0.1, -0.05) is 78.8 Å². The van der Waals surface area contributed by atoms with E-state index in [2.05, 4.69) is 54.0 Å². The molecule has 5 nitrogen and oxygen atoms in total. The largest absolute Gasteiger partial charge is 0.490 e. The van der Waals surface area contributed by atoms with Crippen molar-refractivity contribution in [1.29, 1.82) is 0 Å². The van der Waals surface area contributed by atoms with Crippen molar-refractivity contribution < 1.29 is 14.3 Å². The van der Waals surface area contributed by atoms with Crippen LogP contribution in [-0.2, 0) is 17.8 Å². The number of carbonyl (C=O) groups excluding carboxylic acids is 1. The topological polar surface area (TPSA) is 59.6 Å². The van der Waals surface area contributed by atoms with Crippen LogP contribution in [0.3, 0.4) is 0 Å². The molecule has 7 heteroatoms. The molecule has 0 spiro atoms. The second-order valence-corrected chi connectivity index (χ2v) is 10.5. The summed E-state index contributed by atoms with van der Waals surface area (Å²) in [4.78, 5) is 13.3. The number of carbonyl (C=O) groups is 1. The van der Waals surface area contributed by atoms with Crippen LogP contribution in [0.1, 0.15) is 30.5 Å². The zero-order valence-corrected chi connectivity index (χ0v) is 22.9. The van der Waals surface area contributed by atoms with E-state index in [9.17, 15) is 4.79 Å². The standard InChI is InChI=1S/C31H29ClN2O3S/c1-3-20-10-13-25(14-11-20)33-31-34-30(35)28(38-31)18-22-16-26(32)29(27(17-22)36-4-2)37-19-21-9-12-23-7-5-6-8-24(23)15-21/h5-18,31,33H,3-4,19H2,1-2H3,(H,34,35)/b28-18-/t31-/m0/s1. The molecule has 1 saturated heterocycles. The molecule has 0 unspecified atom stereocenters. The van der Waals surface area contributed by atoms with Gasteiger partial charge in [0.15, 0.2) is 17.0 Å².